The highest BCUT2D eigenvalue weighted by atomic mass is 32.2. The maximum absolute atomic E-state index is 10.4. The van der Waals surface area contributed by atoms with Gasteiger partial charge in [0.15, 0.2) is 0 Å². The van der Waals surface area contributed by atoms with Gasteiger partial charge in [0, 0.05) is 6.54 Å². The number of guanidine groups is 1. The van der Waals surface area contributed by atoms with Gasteiger partial charge >= 0.3 is 0 Å². The van der Waals surface area contributed by atoms with E-state index < -0.39 is 10.0 Å². The van der Waals surface area contributed by atoms with Crippen LogP contribution >= 0.6 is 0 Å². The first-order valence-electron chi connectivity index (χ1n) is 3.22. The standard InChI is InChI=1S/C4H13N5O2S/c5-4(9-6)8-2-1-3-12(7,10)11/h1-3,6H2,(H3,5,8,9)(H2,7,10,11). The number of aliphatic imine (C=N–C) groups is 1. The molecule has 0 amide bonds. The van der Waals surface area contributed by atoms with Crippen LogP contribution in [-0.2, 0) is 10.0 Å². The molecule has 0 bridgehead atoms. The summed E-state index contributed by atoms with van der Waals surface area (Å²) in [6, 6.07) is 0. The summed E-state index contributed by atoms with van der Waals surface area (Å²) < 4.78 is 20.8. The molecule has 0 aliphatic rings. The number of hydrogen-bond donors (Lipinski definition) is 4. The van der Waals surface area contributed by atoms with Gasteiger partial charge in [0.25, 0.3) is 0 Å². The second-order valence-electron chi connectivity index (χ2n) is 2.13. The molecule has 0 aliphatic heterocycles. The summed E-state index contributed by atoms with van der Waals surface area (Å²) in [5, 5.41) is 4.74. The highest BCUT2D eigenvalue weighted by Gasteiger charge is 2.00. The van der Waals surface area contributed by atoms with E-state index in [1.807, 2.05) is 0 Å². The number of nitrogens with two attached hydrogens (primary N) is 3. The van der Waals surface area contributed by atoms with Gasteiger partial charge in [-0.1, -0.05) is 0 Å². The predicted octanol–water partition coefficient (Wildman–Crippen LogP) is -2.56. The molecular weight excluding hydrogens is 182 g/mol. The fourth-order valence-corrected chi connectivity index (χ4v) is 1.04. The summed E-state index contributed by atoms with van der Waals surface area (Å²) in [6.45, 7) is 0.284. The molecule has 0 aliphatic carbocycles. The lowest BCUT2D eigenvalue weighted by Gasteiger charge is -1.97. The monoisotopic (exact) mass is 195 g/mol. The zero-order chi connectivity index (χ0) is 9.61. The van der Waals surface area contributed by atoms with Crippen molar-refractivity contribution in [3.05, 3.63) is 0 Å². The maximum atomic E-state index is 10.4. The Hall–Kier alpha value is -0.860. The fourth-order valence-electron chi connectivity index (χ4n) is 0.511. The number of nitrogens with one attached hydrogen (secondary N) is 1. The minimum atomic E-state index is -3.39. The predicted molar refractivity (Wildman–Crippen MR) is 46.4 cm³/mol. The Balaban J connectivity index is 3.59. The molecule has 0 saturated heterocycles. The van der Waals surface area contributed by atoms with Crippen LogP contribution in [0.5, 0.6) is 0 Å². The van der Waals surface area contributed by atoms with E-state index in [4.69, 9.17) is 16.7 Å². The molecule has 0 aromatic carbocycles. The quantitative estimate of drug-likeness (QED) is 0.129. The topological polar surface area (TPSA) is 137 Å². The van der Waals surface area contributed by atoms with Gasteiger partial charge in [-0.3, -0.25) is 10.4 Å². The van der Waals surface area contributed by atoms with Crippen LogP contribution in [0.1, 0.15) is 6.42 Å². The number of primary sulfonamides is 1. The van der Waals surface area contributed by atoms with E-state index in [1.165, 1.54) is 0 Å². The van der Waals surface area contributed by atoms with Gasteiger partial charge in [0.1, 0.15) is 0 Å². The maximum Gasteiger partial charge on any atom is 0.209 e. The van der Waals surface area contributed by atoms with E-state index in [0.717, 1.165) is 0 Å². The van der Waals surface area contributed by atoms with Gasteiger partial charge in [-0.05, 0) is 6.42 Å². The Bertz CT molecular complexity index is 246. The molecule has 0 spiro atoms. The van der Waals surface area contributed by atoms with Gasteiger partial charge in [-0.15, -0.1) is 0 Å². The van der Waals surface area contributed by atoms with Gasteiger partial charge in [-0.25, -0.2) is 19.4 Å². The Kier molecular flexibility index (Phi) is 4.55. The first kappa shape index (κ1) is 11.1. The second-order valence-corrected chi connectivity index (χ2v) is 3.87. The zero-order valence-electron chi connectivity index (χ0n) is 6.53. The van der Waals surface area contributed by atoms with E-state index in [2.05, 4.69) is 10.4 Å². The van der Waals surface area contributed by atoms with Crippen molar-refractivity contribution in [2.75, 3.05) is 12.3 Å². The van der Waals surface area contributed by atoms with Crippen LogP contribution < -0.4 is 22.1 Å². The molecule has 0 radical (unpaired) electrons. The van der Waals surface area contributed by atoms with E-state index >= 15 is 0 Å². The molecule has 0 atom stereocenters. The molecule has 8 heteroatoms. The molecule has 7 nitrogen and oxygen atoms in total. The molecule has 0 unspecified atom stereocenters. The summed E-state index contributed by atoms with van der Waals surface area (Å²) in [5.41, 5.74) is 7.27. The number of nitrogens with zero attached hydrogens (tertiary/aromatic N) is 1. The Morgan fingerprint density at radius 3 is 2.50 bits per heavy atom. The summed E-state index contributed by atoms with van der Waals surface area (Å²) in [5.74, 6) is 4.86. The van der Waals surface area contributed by atoms with Crippen molar-refractivity contribution in [3.8, 4) is 0 Å². The lowest BCUT2D eigenvalue weighted by Crippen LogP contribution is -2.37. The Labute approximate surface area is 71.0 Å². The van der Waals surface area contributed by atoms with E-state index in [-0.39, 0.29) is 18.3 Å². The highest BCUT2D eigenvalue weighted by Crippen LogP contribution is 1.85. The summed E-state index contributed by atoms with van der Waals surface area (Å²) in [4.78, 5) is 3.68. The number of sulfonamides is 1. The lowest BCUT2D eigenvalue weighted by molar-refractivity contribution is 0.595. The third-order valence-corrected chi connectivity index (χ3v) is 1.87. The third kappa shape index (κ3) is 7.25. The molecule has 0 aromatic heterocycles. The van der Waals surface area contributed by atoms with Crippen molar-refractivity contribution >= 4 is 16.0 Å². The minimum Gasteiger partial charge on any atom is -0.369 e. The van der Waals surface area contributed by atoms with E-state index in [0.29, 0.717) is 6.42 Å². The van der Waals surface area contributed by atoms with Crippen molar-refractivity contribution < 1.29 is 8.42 Å². The van der Waals surface area contributed by atoms with Gasteiger partial charge in [0.05, 0.1) is 5.75 Å². The van der Waals surface area contributed by atoms with Gasteiger partial charge < -0.3 is 5.73 Å². The van der Waals surface area contributed by atoms with E-state index in [9.17, 15) is 8.42 Å². The van der Waals surface area contributed by atoms with Crippen molar-refractivity contribution in [3.63, 3.8) is 0 Å². The van der Waals surface area contributed by atoms with Crippen LogP contribution in [0.25, 0.3) is 0 Å². The average Bonchev–Trinajstić information content (AvgIpc) is 1.96. The van der Waals surface area contributed by atoms with Crippen molar-refractivity contribution in [1.29, 1.82) is 0 Å². The van der Waals surface area contributed by atoms with Gasteiger partial charge in [0.2, 0.25) is 16.0 Å². The molecule has 7 N–H and O–H groups in total. The summed E-state index contributed by atoms with van der Waals surface area (Å²) in [6.07, 6.45) is 0.335. The van der Waals surface area contributed by atoms with Crippen molar-refractivity contribution in [2.45, 2.75) is 6.42 Å². The molecule has 0 fully saturated rings. The first-order chi connectivity index (χ1) is 5.45. The van der Waals surface area contributed by atoms with E-state index in [1.54, 1.807) is 0 Å². The van der Waals surface area contributed by atoms with Crippen molar-refractivity contribution in [1.82, 2.24) is 5.43 Å². The van der Waals surface area contributed by atoms with Gasteiger partial charge in [-0.2, -0.15) is 0 Å². The zero-order valence-corrected chi connectivity index (χ0v) is 7.34. The van der Waals surface area contributed by atoms with Crippen LogP contribution in [0, 0.1) is 0 Å². The number of rotatable bonds is 4. The minimum absolute atomic E-state index is 0.0735. The number of hydrogen-bond acceptors (Lipinski definition) is 4. The molecule has 72 valence electrons. The van der Waals surface area contributed by atoms with Crippen LogP contribution in [0.4, 0.5) is 0 Å². The van der Waals surface area contributed by atoms with Crippen LogP contribution in [-0.4, -0.2) is 26.7 Å². The summed E-state index contributed by atoms with van der Waals surface area (Å²) >= 11 is 0. The molecule has 0 saturated carbocycles. The van der Waals surface area contributed by atoms with Crippen LogP contribution in [0.2, 0.25) is 0 Å². The second kappa shape index (κ2) is 4.91. The lowest BCUT2D eigenvalue weighted by atomic mass is 10.5. The Morgan fingerprint density at radius 2 is 2.08 bits per heavy atom. The highest BCUT2D eigenvalue weighted by molar-refractivity contribution is 7.89. The van der Waals surface area contributed by atoms with Crippen LogP contribution in [0.3, 0.4) is 0 Å². The molecule has 0 heterocycles. The smallest absolute Gasteiger partial charge is 0.209 e. The van der Waals surface area contributed by atoms with Crippen molar-refractivity contribution in [2.24, 2.45) is 21.7 Å². The Morgan fingerprint density at radius 1 is 1.50 bits per heavy atom. The molecule has 0 aromatic rings. The molecule has 0 rings (SSSR count). The molecular formula is C4H13N5O2S. The first-order valence-corrected chi connectivity index (χ1v) is 4.94. The SMILES string of the molecule is NNC(N)=NCCCS(N)(=O)=O. The average molecular weight is 195 g/mol. The largest absolute Gasteiger partial charge is 0.369 e. The fraction of sp³-hybridized carbons (Fsp3) is 0.750. The molecule has 12 heavy (non-hydrogen) atoms. The third-order valence-electron chi connectivity index (χ3n) is 1.02. The number of hydrazine groups is 1. The normalized spacial score (nSPS) is 13.0. The summed E-state index contributed by atoms with van der Waals surface area (Å²) in [7, 11) is -3.39. The van der Waals surface area contributed by atoms with Crippen LogP contribution in [0.15, 0.2) is 4.99 Å².